The highest BCUT2D eigenvalue weighted by atomic mass is 16.5. The van der Waals surface area contributed by atoms with Gasteiger partial charge in [0.2, 0.25) is 0 Å². The molecule has 2 aliphatic rings. The van der Waals surface area contributed by atoms with Gasteiger partial charge in [-0.15, -0.1) is 0 Å². The second-order valence-corrected chi connectivity index (χ2v) is 6.18. The number of aliphatic hydroxyl groups is 1. The highest BCUT2D eigenvalue weighted by Crippen LogP contribution is 2.42. The molecule has 0 aromatic heterocycles. The third-order valence-electron chi connectivity index (χ3n) is 4.58. The number of carbonyl (C=O) groups is 2. The van der Waals surface area contributed by atoms with Gasteiger partial charge in [-0.1, -0.05) is 13.8 Å². The molecule has 3 unspecified atom stereocenters. The monoisotopic (exact) mass is 286 g/mol. The number of likely N-dealkylation sites (tertiary alicyclic amines) is 1. The van der Waals surface area contributed by atoms with Gasteiger partial charge < -0.3 is 25.2 Å². The van der Waals surface area contributed by atoms with Crippen molar-refractivity contribution in [1.82, 2.24) is 10.2 Å². The summed E-state index contributed by atoms with van der Waals surface area (Å²) >= 11 is 0. The molecule has 2 fully saturated rings. The van der Waals surface area contributed by atoms with Gasteiger partial charge in [-0.25, -0.2) is 9.59 Å². The van der Waals surface area contributed by atoms with Crippen LogP contribution in [0.25, 0.3) is 0 Å². The molecule has 0 radical (unpaired) electrons. The lowest BCUT2D eigenvalue weighted by atomic mass is 9.64. The predicted molar refractivity (Wildman–Crippen MR) is 70.3 cm³/mol. The smallest absolute Gasteiger partial charge is 0.326 e. The van der Waals surface area contributed by atoms with E-state index in [1.54, 1.807) is 7.11 Å². The number of carboxylic acids is 1. The summed E-state index contributed by atoms with van der Waals surface area (Å²) in [5, 5.41) is 21.5. The summed E-state index contributed by atoms with van der Waals surface area (Å²) in [7, 11) is 1.64. The average molecular weight is 286 g/mol. The Morgan fingerprint density at radius 3 is 2.50 bits per heavy atom. The van der Waals surface area contributed by atoms with Crippen molar-refractivity contribution in [1.29, 1.82) is 0 Å². The summed E-state index contributed by atoms with van der Waals surface area (Å²) in [5.41, 5.74) is -0.179. The molecule has 7 heteroatoms. The van der Waals surface area contributed by atoms with Crippen molar-refractivity contribution in [3.05, 3.63) is 0 Å². The number of hydrogen-bond donors (Lipinski definition) is 3. The molecule has 20 heavy (non-hydrogen) atoms. The minimum Gasteiger partial charge on any atom is -0.480 e. The Hall–Kier alpha value is -1.34. The number of carboxylic acid groups (broad SMARTS) is 1. The van der Waals surface area contributed by atoms with Crippen molar-refractivity contribution in [2.45, 2.75) is 51.0 Å². The molecule has 0 bridgehead atoms. The molecular formula is C13H22N2O5. The van der Waals surface area contributed by atoms with Gasteiger partial charge in [0.15, 0.2) is 0 Å². The molecule has 4 atom stereocenters. The van der Waals surface area contributed by atoms with Crippen LogP contribution in [0.3, 0.4) is 0 Å². The molecule has 114 valence electrons. The van der Waals surface area contributed by atoms with E-state index in [0.717, 1.165) is 0 Å². The number of β-amino-alcohol motifs (C(OH)–C–C–N with tert-alkyl or cyclic N) is 1. The van der Waals surface area contributed by atoms with Gasteiger partial charge in [0.05, 0.1) is 12.2 Å². The number of rotatable bonds is 3. The number of carbonyl (C=O) groups excluding carboxylic acids is 1. The van der Waals surface area contributed by atoms with E-state index in [0.29, 0.717) is 6.42 Å². The van der Waals surface area contributed by atoms with Crippen LogP contribution in [-0.2, 0) is 9.53 Å². The van der Waals surface area contributed by atoms with Gasteiger partial charge in [-0.05, 0) is 6.42 Å². The number of aliphatic carboxylic acids is 1. The van der Waals surface area contributed by atoms with E-state index in [2.05, 4.69) is 5.32 Å². The maximum Gasteiger partial charge on any atom is 0.326 e. The summed E-state index contributed by atoms with van der Waals surface area (Å²) in [6.07, 6.45) is 0.108. The van der Waals surface area contributed by atoms with Crippen LogP contribution in [0.4, 0.5) is 4.79 Å². The van der Waals surface area contributed by atoms with Crippen LogP contribution in [0.15, 0.2) is 0 Å². The molecule has 2 amide bonds. The van der Waals surface area contributed by atoms with Crippen molar-refractivity contribution in [2.75, 3.05) is 13.7 Å². The molecule has 0 aromatic carbocycles. The number of nitrogens with one attached hydrogen (secondary N) is 1. The van der Waals surface area contributed by atoms with Gasteiger partial charge in [0.1, 0.15) is 6.04 Å². The second kappa shape index (κ2) is 5.21. The lowest BCUT2D eigenvalue weighted by molar-refractivity contribution is -0.141. The van der Waals surface area contributed by atoms with E-state index < -0.39 is 24.1 Å². The first-order valence-corrected chi connectivity index (χ1v) is 6.78. The van der Waals surface area contributed by atoms with Crippen LogP contribution in [0, 0.1) is 5.41 Å². The minimum atomic E-state index is -1.08. The Kier molecular flexibility index (Phi) is 3.93. The van der Waals surface area contributed by atoms with Crippen molar-refractivity contribution >= 4 is 12.0 Å². The first kappa shape index (κ1) is 15.1. The van der Waals surface area contributed by atoms with Gasteiger partial charge in [-0.3, -0.25) is 0 Å². The zero-order valence-electron chi connectivity index (χ0n) is 12.0. The van der Waals surface area contributed by atoms with Gasteiger partial charge in [0.25, 0.3) is 0 Å². The summed E-state index contributed by atoms with van der Waals surface area (Å²) < 4.78 is 5.32. The fraction of sp³-hybridized carbons (Fsp3) is 0.846. The van der Waals surface area contributed by atoms with Crippen LogP contribution in [-0.4, -0.2) is 65.1 Å². The molecule has 1 heterocycles. The third kappa shape index (κ3) is 2.47. The van der Waals surface area contributed by atoms with E-state index in [9.17, 15) is 14.7 Å². The fourth-order valence-electron chi connectivity index (χ4n) is 3.03. The Morgan fingerprint density at radius 1 is 1.35 bits per heavy atom. The molecule has 1 aliphatic carbocycles. The number of aliphatic hydroxyl groups excluding tert-OH is 1. The van der Waals surface area contributed by atoms with Crippen molar-refractivity contribution < 1.29 is 24.5 Å². The van der Waals surface area contributed by atoms with Gasteiger partial charge in [0, 0.05) is 31.5 Å². The molecule has 0 spiro atoms. The van der Waals surface area contributed by atoms with Crippen LogP contribution in [0.2, 0.25) is 0 Å². The minimum absolute atomic E-state index is 0.0489. The highest BCUT2D eigenvalue weighted by molar-refractivity contribution is 5.83. The summed E-state index contributed by atoms with van der Waals surface area (Å²) in [6, 6.07) is -1.43. The number of hydrogen-bond acceptors (Lipinski definition) is 4. The van der Waals surface area contributed by atoms with E-state index in [4.69, 9.17) is 9.84 Å². The van der Waals surface area contributed by atoms with Crippen molar-refractivity contribution in [2.24, 2.45) is 5.41 Å². The molecule has 3 N–H and O–H groups in total. The fourth-order valence-corrected chi connectivity index (χ4v) is 3.03. The van der Waals surface area contributed by atoms with Crippen LogP contribution in [0.1, 0.15) is 26.7 Å². The van der Waals surface area contributed by atoms with E-state index in [-0.39, 0.29) is 30.5 Å². The molecule has 2 rings (SSSR count). The molecule has 1 aliphatic heterocycles. The van der Waals surface area contributed by atoms with Gasteiger partial charge >= 0.3 is 12.0 Å². The van der Waals surface area contributed by atoms with E-state index in [1.165, 1.54) is 4.90 Å². The Bertz CT molecular complexity index is 412. The summed E-state index contributed by atoms with van der Waals surface area (Å²) in [4.78, 5) is 24.5. The molecule has 0 aromatic rings. The largest absolute Gasteiger partial charge is 0.480 e. The number of methoxy groups -OCH3 is 1. The van der Waals surface area contributed by atoms with Gasteiger partial charge in [-0.2, -0.15) is 0 Å². The normalized spacial score (nSPS) is 35.5. The molecule has 7 nitrogen and oxygen atoms in total. The van der Waals surface area contributed by atoms with Crippen molar-refractivity contribution in [3.63, 3.8) is 0 Å². The SMILES string of the molecule is COC1CC(NC(=O)N2CC(O)C[C@H]2C(=O)O)C1(C)C. The van der Waals surface area contributed by atoms with Crippen LogP contribution >= 0.6 is 0 Å². The topological polar surface area (TPSA) is 99.1 Å². The predicted octanol–water partition coefficient (Wildman–Crippen LogP) is 0.0293. The third-order valence-corrected chi connectivity index (χ3v) is 4.58. The maximum atomic E-state index is 12.2. The highest BCUT2D eigenvalue weighted by Gasteiger charge is 2.50. The summed E-state index contributed by atoms with van der Waals surface area (Å²) in [6.45, 7) is 4.07. The first-order chi connectivity index (χ1) is 9.27. The number of nitrogens with zero attached hydrogens (tertiary/aromatic N) is 1. The van der Waals surface area contributed by atoms with Crippen molar-refractivity contribution in [3.8, 4) is 0 Å². The molecular weight excluding hydrogens is 264 g/mol. The number of ether oxygens (including phenoxy) is 1. The number of urea groups is 1. The molecule has 1 saturated heterocycles. The Balaban J connectivity index is 1.97. The van der Waals surface area contributed by atoms with Crippen LogP contribution in [0.5, 0.6) is 0 Å². The Morgan fingerprint density at radius 2 is 2.00 bits per heavy atom. The quantitative estimate of drug-likeness (QED) is 0.680. The zero-order chi connectivity index (χ0) is 15.1. The maximum absolute atomic E-state index is 12.2. The van der Waals surface area contributed by atoms with E-state index in [1.807, 2.05) is 13.8 Å². The Labute approximate surface area is 117 Å². The number of amides is 2. The van der Waals surface area contributed by atoms with Crippen LogP contribution < -0.4 is 5.32 Å². The zero-order valence-corrected chi connectivity index (χ0v) is 12.0. The molecule has 1 saturated carbocycles. The average Bonchev–Trinajstić information content (AvgIpc) is 2.76. The first-order valence-electron chi connectivity index (χ1n) is 6.78. The van der Waals surface area contributed by atoms with E-state index >= 15 is 0 Å². The lowest BCUT2D eigenvalue weighted by Gasteiger charge is -2.51. The standard InChI is InChI=1S/C13H22N2O5/c1-13(2)9(5-10(13)20-3)14-12(19)15-6-7(16)4-8(15)11(17)18/h7-10,16H,4-6H2,1-3H3,(H,14,19)(H,17,18)/t7?,8-,9?,10?/m0/s1. The summed E-state index contributed by atoms with van der Waals surface area (Å²) in [5.74, 6) is -1.08. The second-order valence-electron chi connectivity index (χ2n) is 6.18. The lowest BCUT2D eigenvalue weighted by Crippen LogP contribution is -2.63.